The summed E-state index contributed by atoms with van der Waals surface area (Å²) in [4.78, 5) is 18.2. The van der Waals surface area contributed by atoms with Crippen molar-refractivity contribution in [3.8, 4) is 0 Å². The van der Waals surface area contributed by atoms with Crippen molar-refractivity contribution in [3.63, 3.8) is 0 Å². The molecular formula is C24H33FN2O3. The number of aryl methyl sites for hydroxylation is 1. The van der Waals surface area contributed by atoms with E-state index in [1.165, 1.54) is 12.1 Å². The number of aliphatic hydroxyl groups excluding tert-OH is 1. The summed E-state index contributed by atoms with van der Waals surface area (Å²) in [5, 5.41) is 11.2. The van der Waals surface area contributed by atoms with Crippen molar-refractivity contribution in [1.82, 2.24) is 9.88 Å². The first-order valence-corrected chi connectivity index (χ1v) is 11.0. The number of rotatable bonds is 2. The molecule has 0 radical (unpaired) electrons. The molecule has 164 valence electrons. The zero-order chi connectivity index (χ0) is 21.7. The summed E-state index contributed by atoms with van der Waals surface area (Å²) < 4.78 is 20.3. The second-order valence-corrected chi connectivity index (χ2v) is 10.2. The first-order valence-electron chi connectivity index (χ1n) is 11.0. The summed E-state index contributed by atoms with van der Waals surface area (Å²) in [5.74, 6) is -0.238. The minimum Gasteiger partial charge on any atom is -0.393 e. The van der Waals surface area contributed by atoms with Crippen LogP contribution in [0.5, 0.6) is 0 Å². The molecule has 1 amide bonds. The van der Waals surface area contributed by atoms with E-state index in [0.717, 1.165) is 35.0 Å². The van der Waals surface area contributed by atoms with Crippen molar-refractivity contribution in [2.24, 2.45) is 5.41 Å². The first-order chi connectivity index (χ1) is 14.1. The maximum absolute atomic E-state index is 13.7. The highest BCUT2D eigenvalue weighted by molar-refractivity contribution is 5.90. The summed E-state index contributed by atoms with van der Waals surface area (Å²) in [5.41, 5.74) is 2.26. The highest BCUT2D eigenvalue weighted by Crippen LogP contribution is 2.42. The number of ether oxygens (including phenoxy) is 1. The van der Waals surface area contributed by atoms with Gasteiger partial charge in [-0.15, -0.1) is 0 Å². The fraction of sp³-hybridized carbons (Fsp3) is 0.625. The van der Waals surface area contributed by atoms with E-state index in [-0.39, 0.29) is 41.4 Å². The zero-order valence-corrected chi connectivity index (χ0v) is 18.4. The molecule has 1 aromatic heterocycles. The molecule has 2 aromatic rings. The van der Waals surface area contributed by atoms with Gasteiger partial charge in [0.2, 0.25) is 5.91 Å². The average molecular weight is 417 g/mol. The Morgan fingerprint density at radius 2 is 2.03 bits per heavy atom. The maximum Gasteiger partial charge on any atom is 0.227 e. The smallest absolute Gasteiger partial charge is 0.227 e. The number of aliphatic hydroxyl groups is 1. The van der Waals surface area contributed by atoms with Gasteiger partial charge in [0, 0.05) is 42.5 Å². The largest absolute Gasteiger partial charge is 0.393 e. The number of carbonyl (C=O) groups is 1. The number of H-pyrrole nitrogens is 1. The molecule has 30 heavy (non-hydrogen) atoms. The molecular weight excluding hydrogens is 383 g/mol. The van der Waals surface area contributed by atoms with Gasteiger partial charge < -0.3 is 19.7 Å². The quantitative estimate of drug-likeness (QED) is 0.775. The molecule has 2 aliphatic rings. The molecule has 5 nitrogen and oxygen atoms in total. The van der Waals surface area contributed by atoms with Crippen molar-refractivity contribution >= 4 is 16.8 Å². The number of carbonyl (C=O) groups excluding carboxylic acids is 1. The Hall–Kier alpha value is -1.92. The number of benzene rings is 1. The fourth-order valence-corrected chi connectivity index (χ4v) is 5.02. The van der Waals surface area contributed by atoms with Gasteiger partial charge in [-0.05, 0) is 48.9 Å². The summed E-state index contributed by atoms with van der Waals surface area (Å²) in [6.07, 6.45) is 2.72. The number of hydrogen-bond donors (Lipinski definition) is 2. The van der Waals surface area contributed by atoms with Crippen LogP contribution >= 0.6 is 0 Å². The van der Waals surface area contributed by atoms with Crippen LogP contribution in [0.2, 0.25) is 0 Å². The number of halogens is 1. The number of fused-ring (bicyclic) bond motifs is 1. The molecule has 2 fully saturated rings. The van der Waals surface area contributed by atoms with Gasteiger partial charge in [-0.1, -0.05) is 20.8 Å². The van der Waals surface area contributed by atoms with Gasteiger partial charge in [0.05, 0.1) is 24.2 Å². The minimum atomic E-state index is -0.353. The van der Waals surface area contributed by atoms with E-state index in [1.807, 2.05) is 11.8 Å². The van der Waals surface area contributed by atoms with E-state index < -0.39 is 0 Å². The lowest BCUT2D eigenvalue weighted by molar-refractivity contribution is -0.207. The van der Waals surface area contributed by atoms with Gasteiger partial charge in [0.1, 0.15) is 5.82 Å². The van der Waals surface area contributed by atoms with Crippen LogP contribution < -0.4 is 0 Å². The van der Waals surface area contributed by atoms with E-state index >= 15 is 0 Å². The van der Waals surface area contributed by atoms with Crippen LogP contribution in [0, 0.1) is 18.2 Å². The molecule has 1 aromatic carbocycles. The topological polar surface area (TPSA) is 65.6 Å². The molecule has 3 heterocycles. The van der Waals surface area contributed by atoms with Gasteiger partial charge in [0.15, 0.2) is 0 Å². The Morgan fingerprint density at radius 3 is 2.70 bits per heavy atom. The van der Waals surface area contributed by atoms with Crippen molar-refractivity contribution in [3.05, 3.63) is 35.3 Å². The van der Waals surface area contributed by atoms with E-state index in [1.54, 1.807) is 6.07 Å². The van der Waals surface area contributed by atoms with Gasteiger partial charge >= 0.3 is 0 Å². The lowest BCUT2D eigenvalue weighted by Crippen LogP contribution is -2.56. The zero-order valence-electron chi connectivity index (χ0n) is 18.4. The van der Waals surface area contributed by atoms with Crippen LogP contribution in [0.15, 0.2) is 18.2 Å². The normalized spacial score (nSPS) is 24.5. The highest BCUT2D eigenvalue weighted by atomic mass is 19.1. The Morgan fingerprint density at radius 1 is 1.33 bits per heavy atom. The molecule has 6 heteroatoms. The summed E-state index contributed by atoms with van der Waals surface area (Å²) in [7, 11) is 0. The summed E-state index contributed by atoms with van der Waals surface area (Å²) in [6, 6.07) is 4.64. The number of aromatic nitrogens is 1. The third-order valence-corrected chi connectivity index (χ3v) is 6.89. The maximum atomic E-state index is 13.7. The van der Waals surface area contributed by atoms with E-state index in [4.69, 9.17) is 4.74 Å². The van der Waals surface area contributed by atoms with Crippen molar-refractivity contribution < 1.29 is 19.0 Å². The van der Waals surface area contributed by atoms with E-state index in [9.17, 15) is 14.3 Å². The predicted molar refractivity (Wildman–Crippen MR) is 115 cm³/mol. The number of piperidine rings is 1. The van der Waals surface area contributed by atoms with Crippen molar-refractivity contribution in [1.29, 1.82) is 0 Å². The first kappa shape index (κ1) is 21.3. The predicted octanol–water partition coefficient (Wildman–Crippen LogP) is 4.11. The Bertz CT molecular complexity index is 938. The van der Waals surface area contributed by atoms with Gasteiger partial charge in [-0.25, -0.2) is 4.39 Å². The molecule has 2 saturated heterocycles. The molecule has 0 saturated carbocycles. The number of amides is 1. The third-order valence-electron chi connectivity index (χ3n) is 6.89. The Labute approximate surface area is 177 Å². The monoisotopic (exact) mass is 416 g/mol. The van der Waals surface area contributed by atoms with Crippen LogP contribution in [0.3, 0.4) is 0 Å². The minimum absolute atomic E-state index is 0.0206. The molecule has 2 aliphatic heterocycles. The second kappa shape index (κ2) is 7.65. The molecule has 0 bridgehead atoms. The molecule has 1 spiro atoms. The van der Waals surface area contributed by atoms with Crippen LogP contribution in [-0.2, 0) is 16.0 Å². The van der Waals surface area contributed by atoms with Gasteiger partial charge in [-0.3, -0.25) is 4.79 Å². The van der Waals surface area contributed by atoms with Gasteiger partial charge in [-0.2, -0.15) is 0 Å². The molecule has 0 aliphatic carbocycles. The molecule has 2 atom stereocenters. The number of nitrogens with zero attached hydrogens (tertiary/aromatic N) is 1. The Balaban J connectivity index is 1.44. The van der Waals surface area contributed by atoms with Crippen molar-refractivity contribution in [2.75, 3.05) is 13.1 Å². The van der Waals surface area contributed by atoms with Crippen LogP contribution in [0.25, 0.3) is 10.9 Å². The van der Waals surface area contributed by atoms with Gasteiger partial charge in [0.25, 0.3) is 0 Å². The summed E-state index contributed by atoms with van der Waals surface area (Å²) in [6.45, 7) is 9.61. The molecule has 2 N–H and O–H groups in total. The SMILES string of the molecule is Cc1[nH]c2ccc(F)cc2c1CC(=O)N1CCC2(CC1)C[C@H](O)C[C@H](C(C)(C)C)O2. The molecule has 4 rings (SSSR count). The van der Waals surface area contributed by atoms with Crippen LogP contribution in [0.4, 0.5) is 4.39 Å². The highest BCUT2D eigenvalue weighted by Gasteiger charge is 2.46. The number of aromatic amines is 1. The number of hydrogen-bond acceptors (Lipinski definition) is 3. The van der Waals surface area contributed by atoms with Crippen molar-refractivity contribution in [2.45, 2.75) is 77.6 Å². The van der Waals surface area contributed by atoms with E-state index in [0.29, 0.717) is 25.9 Å². The van der Waals surface area contributed by atoms with Crippen LogP contribution in [0.1, 0.15) is 57.7 Å². The third kappa shape index (κ3) is 4.12. The van der Waals surface area contributed by atoms with Crippen LogP contribution in [-0.4, -0.2) is 51.8 Å². The lowest BCUT2D eigenvalue weighted by Gasteiger charge is -2.50. The second-order valence-electron chi connectivity index (χ2n) is 10.2. The average Bonchev–Trinajstić information content (AvgIpc) is 2.96. The van der Waals surface area contributed by atoms with E-state index in [2.05, 4.69) is 25.8 Å². The molecule has 0 unspecified atom stereocenters. The lowest BCUT2D eigenvalue weighted by atomic mass is 9.76. The Kier molecular flexibility index (Phi) is 5.43. The summed E-state index contributed by atoms with van der Waals surface area (Å²) >= 11 is 0. The number of likely N-dealkylation sites (tertiary alicyclic amines) is 1. The fourth-order valence-electron chi connectivity index (χ4n) is 5.02. The standard InChI is InChI=1S/C24H33FN2O3/c1-15-18(19-11-16(25)5-6-20(19)26-15)13-22(29)27-9-7-24(8-10-27)14-17(28)12-21(30-24)23(2,3)4/h5-6,11,17,21,26,28H,7-10,12-14H2,1-4H3/t17-,21-/m1/s1. The number of nitrogens with one attached hydrogen (secondary N) is 1.